The average Bonchev–Trinajstić information content (AvgIpc) is 2.95. The van der Waals surface area contributed by atoms with E-state index in [4.69, 9.17) is 10.2 Å². The fourth-order valence-corrected chi connectivity index (χ4v) is 3.51. The van der Waals surface area contributed by atoms with Crippen LogP contribution in [0.1, 0.15) is 57.2 Å². The lowest BCUT2D eigenvalue weighted by Gasteiger charge is -2.18. The number of carbonyl (C=O) groups is 2. The third-order valence-electron chi connectivity index (χ3n) is 4.53. The van der Waals surface area contributed by atoms with E-state index in [-0.39, 0.29) is 0 Å². The van der Waals surface area contributed by atoms with E-state index in [1.54, 1.807) is 5.56 Å². The number of fused-ring (bicyclic) bond motifs is 1. The number of aryl methyl sites for hydroxylation is 1. The molecule has 2 N–H and O–H groups in total. The summed E-state index contributed by atoms with van der Waals surface area (Å²) in [5.74, 6) is -1.38. The highest BCUT2D eigenvalue weighted by Crippen LogP contribution is 2.36. The van der Waals surface area contributed by atoms with Gasteiger partial charge < -0.3 is 19.7 Å². The molecule has 0 saturated carbocycles. The van der Waals surface area contributed by atoms with Gasteiger partial charge in [0.2, 0.25) is 0 Å². The molecule has 0 aliphatic heterocycles. The van der Waals surface area contributed by atoms with Crippen molar-refractivity contribution in [2.45, 2.75) is 52.5 Å². The van der Waals surface area contributed by atoms with Crippen LogP contribution in [0.4, 0.5) is 0 Å². The van der Waals surface area contributed by atoms with E-state index in [2.05, 4.69) is 75.5 Å². The molecule has 1 aromatic carbocycles. The summed E-state index contributed by atoms with van der Waals surface area (Å²) in [6.07, 6.45) is 2.31. The molecule has 2 aromatic rings. The zero-order valence-electron chi connectivity index (χ0n) is 18.3. The summed E-state index contributed by atoms with van der Waals surface area (Å²) in [5.41, 5.74) is 4.49. The first kappa shape index (κ1) is 24.4. The van der Waals surface area contributed by atoms with E-state index in [9.17, 15) is 9.59 Å². The van der Waals surface area contributed by atoms with Crippen molar-refractivity contribution in [1.82, 2.24) is 9.47 Å². The van der Waals surface area contributed by atoms with Crippen LogP contribution in [0.5, 0.6) is 0 Å². The van der Waals surface area contributed by atoms with Gasteiger partial charge >= 0.3 is 11.9 Å². The minimum atomic E-state index is -1.26. The minimum absolute atomic E-state index is 0.558. The summed E-state index contributed by atoms with van der Waals surface area (Å²) in [6, 6.07) is 8.91. The Labute approximate surface area is 173 Å². The van der Waals surface area contributed by atoms with E-state index in [0.717, 1.165) is 13.1 Å². The van der Waals surface area contributed by atoms with Gasteiger partial charge in [0.05, 0.1) is 0 Å². The minimum Gasteiger partial charge on any atom is -0.478 e. The Morgan fingerprint density at radius 3 is 2.00 bits per heavy atom. The van der Waals surface area contributed by atoms with Crippen molar-refractivity contribution in [2.24, 2.45) is 0 Å². The van der Waals surface area contributed by atoms with Crippen LogP contribution in [0.15, 0.2) is 36.4 Å². The van der Waals surface area contributed by atoms with Gasteiger partial charge in [-0.15, -0.1) is 0 Å². The summed E-state index contributed by atoms with van der Waals surface area (Å²) < 4.78 is 2.57. The Kier molecular flexibility index (Phi) is 9.62. The lowest BCUT2D eigenvalue weighted by molar-refractivity contribution is -0.134. The second kappa shape index (κ2) is 11.4. The maximum atomic E-state index is 9.55. The number of carboxylic acid groups (broad SMARTS) is 2. The number of benzene rings is 1. The third kappa shape index (κ3) is 7.38. The second-order valence-corrected chi connectivity index (χ2v) is 7.94. The van der Waals surface area contributed by atoms with Gasteiger partial charge in [0.15, 0.2) is 0 Å². The van der Waals surface area contributed by atoms with Crippen molar-refractivity contribution < 1.29 is 19.8 Å². The molecule has 0 saturated heterocycles. The van der Waals surface area contributed by atoms with Gasteiger partial charge in [-0.05, 0) is 50.5 Å². The van der Waals surface area contributed by atoms with E-state index < -0.39 is 11.9 Å². The predicted octanol–water partition coefficient (Wildman–Crippen LogP) is 4.55. The summed E-state index contributed by atoms with van der Waals surface area (Å²) in [5, 5.41) is 17.1. The number of carboxylic acids is 2. The average molecular weight is 403 g/mol. The highest BCUT2D eigenvalue weighted by molar-refractivity contribution is 5.89. The Bertz CT molecular complexity index is 832. The number of hydrogen-bond acceptors (Lipinski definition) is 3. The SMILES string of the molecule is CC(C)c1c(C(C)C)n(CCCN(C)C)c2ccccc12.O=C(O)/C=C/C(=O)O. The molecule has 2 rings (SSSR count). The van der Waals surface area contributed by atoms with Gasteiger partial charge in [0.1, 0.15) is 0 Å². The highest BCUT2D eigenvalue weighted by Gasteiger charge is 2.20. The van der Waals surface area contributed by atoms with Crippen molar-refractivity contribution >= 4 is 22.8 Å². The van der Waals surface area contributed by atoms with Crippen molar-refractivity contribution in [1.29, 1.82) is 0 Å². The highest BCUT2D eigenvalue weighted by atomic mass is 16.4. The first-order chi connectivity index (χ1) is 13.6. The van der Waals surface area contributed by atoms with Crippen LogP contribution < -0.4 is 0 Å². The predicted molar refractivity (Wildman–Crippen MR) is 118 cm³/mol. The van der Waals surface area contributed by atoms with Gasteiger partial charge in [-0.1, -0.05) is 45.9 Å². The standard InChI is InChI=1S/C19H30N2.C4H4O4/c1-14(2)18-16-10-7-8-11-17(16)21(19(18)15(3)4)13-9-12-20(5)6;5-3(6)1-2-4(7)8/h7-8,10-11,14-15H,9,12-13H2,1-6H3;1-2H,(H,5,6)(H,7,8)/b;2-1+. The Morgan fingerprint density at radius 1 is 1.00 bits per heavy atom. The molecule has 0 spiro atoms. The second-order valence-electron chi connectivity index (χ2n) is 7.94. The summed E-state index contributed by atoms with van der Waals surface area (Å²) in [4.78, 5) is 21.4. The van der Waals surface area contributed by atoms with Crippen LogP contribution in [0, 0.1) is 0 Å². The number of para-hydroxylation sites is 1. The first-order valence-corrected chi connectivity index (χ1v) is 9.95. The molecule has 160 valence electrons. The fraction of sp³-hybridized carbons (Fsp3) is 0.478. The number of rotatable bonds is 8. The zero-order valence-corrected chi connectivity index (χ0v) is 18.3. The molecule has 0 amide bonds. The van der Waals surface area contributed by atoms with Crippen LogP contribution in [0.3, 0.4) is 0 Å². The van der Waals surface area contributed by atoms with Gasteiger partial charge in [0, 0.05) is 35.3 Å². The molecule has 1 aromatic heterocycles. The molecule has 29 heavy (non-hydrogen) atoms. The normalized spacial score (nSPS) is 11.5. The van der Waals surface area contributed by atoms with E-state index in [1.165, 1.54) is 23.0 Å². The van der Waals surface area contributed by atoms with Crippen LogP contribution in [0.2, 0.25) is 0 Å². The van der Waals surface area contributed by atoms with E-state index >= 15 is 0 Å². The van der Waals surface area contributed by atoms with Gasteiger partial charge in [-0.2, -0.15) is 0 Å². The lowest BCUT2D eigenvalue weighted by Crippen LogP contribution is -2.16. The van der Waals surface area contributed by atoms with Crippen molar-refractivity contribution in [2.75, 3.05) is 20.6 Å². The molecule has 0 aliphatic rings. The maximum Gasteiger partial charge on any atom is 0.328 e. The number of aromatic nitrogens is 1. The molecule has 6 heteroatoms. The molecule has 0 unspecified atom stereocenters. The molecule has 0 radical (unpaired) electrons. The lowest BCUT2D eigenvalue weighted by atomic mass is 9.95. The Balaban J connectivity index is 0.000000447. The van der Waals surface area contributed by atoms with Gasteiger partial charge in [-0.25, -0.2) is 9.59 Å². The van der Waals surface area contributed by atoms with Crippen LogP contribution in [-0.4, -0.2) is 52.3 Å². The molecule has 0 bridgehead atoms. The van der Waals surface area contributed by atoms with Crippen molar-refractivity contribution in [3.63, 3.8) is 0 Å². The fourth-order valence-electron chi connectivity index (χ4n) is 3.51. The van der Waals surface area contributed by atoms with Crippen molar-refractivity contribution in [3.05, 3.63) is 47.7 Å². The van der Waals surface area contributed by atoms with E-state index in [1.807, 2.05) is 0 Å². The smallest absolute Gasteiger partial charge is 0.328 e. The molecular weight excluding hydrogens is 368 g/mol. The molecule has 6 nitrogen and oxygen atoms in total. The molecular formula is C23H34N2O4. The van der Waals surface area contributed by atoms with Crippen LogP contribution >= 0.6 is 0 Å². The summed E-state index contributed by atoms with van der Waals surface area (Å²) in [7, 11) is 4.30. The number of hydrogen-bond donors (Lipinski definition) is 2. The zero-order chi connectivity index (χ0) is 22.1. The van der Waals surface area contributed by atoms with Crippen molar-refractivity contribution in [3.8, 4) is 0 Å². The van der Waals surface area contributed by atoms with Gasteiger partial charge in [-0.3, -0.25) is 0 Å². The molecule has 0 atom stereocenters. The maximum absolute atomic E-state index is 9.55. The number of aliphatic carboxylic acids is 2. The third-order valence-corrected chi connectivity index (χ3v) is 4.53. The quantitative estimate of drug-likeness (QED) is 0.633. The van der Waals surface area contributed by atoms with Crippen LogP contribution in [-0.2, 0) is 16.1 Å². The van der Waals surface area contributed by atoms with E-state index in [0.29, 0.717) is 24.0 Å². The van der Waals surface area contributed by atoms with Crippen LogP contribution in [0.25, 0.3) is 10.9 Å². The van der Waals surface area contributed by atoms with Gasteiger partial charge in [0.25, 0.3) is 0 Å². The first-order valence-electron chi connectivity index (χ1n) is 9.95. The Morgan fingerprint density at radius 2 is 1.55 bits per heavy atom. The molecule has 1 heterocycles. The summed E-state index contributed by atoms with van der Waals surface area (Å²) in [6.45, 7) is 11.5. The molecule has 0 aliphatic carbocycles. The largest absolute Gasteiger partial charge is 0.478 e. The monoisotopic (exact) mass is 402 g/mol. The topological polar surface area (TPSA) is 82.8 Å². The molecule has 0 fully saturated rings. The summed E-state index contributed by atoms with van der Waals surface area (Å²) >= 11 is 0. The number of nitrogens with zero attached hydrogens (tertiary/aromatic N) is 2. The Hall–Kier alpha value is -2.60.